The third-order valence-electron chi connectivity index (χ3n) is 4.95. The topological polar surface area (TPSA) is 50.7 Å². The predicted octanol–water partition coefficient (Wildman–Crippen LogP) is 2.10. The van der Waals surface area contributed by atoms with E-state index in [0.717, 1.165) is 58.5 Å². The Morgan fingerprint density at radius 1 is 1.30 bits per heavy atom. The van der Waals surface area contributed by atoms with Crippen LogP contribution in [0.2, 0.25) is 0 Å². The first-order valence-corrected chi connectivity index (χ1v) is 8.36. The van der Waals surface area contributed by atoms with Crippen LogP contribution in [-0.2, 0) is 9.47 Å². The highest BCUT2D eigenvalue weighted by molar-refractivity contribution is 4.98. The van der Waals surface area contributed by atoms with Gasteiger partial charge >= 0.3 is 0 Å². The zero-order valence-corrected chi connectivity index (χ0v) is 12.9. The molecule has 0 radical (unpaired) electrons. The molecule has 4 heteroatoms. The van der Waals surface area contributed by atoms with Crippen molar-refractivity contribution >= 4 is 0 Å². The molecule has 2 N–H and O–H groups in total. The van der Waals surface area contributed by atoms with Crippen molar-refractivity contribution in [1.82, 2.24) is 5.32 Å². The molecule has 20 heavy (non-hydrogen) atoms. The summed E-state index contributed by atoms with van der Waals surface area (Å²) in [6, 6.07) is 0. The van der Waals surface area contributed by atoms with Crippen molar-refractivity contribution in [1.29, 1.82) is 0 Å². The molecule has 2 aliphatic rings. The summed E-state index contributed by atoms with van der Waals surface area (Å²) in [4.78, 5) is 0. The molecule has 2 atom stereocenters. The lowest BCUT2D eigenvalue weighted by molar-refractivity contribution is -0.0383. The van der Waals surface area contributed by atoms with Crippen LogP contribution in [-0.4, -0.2) is 49.7 Å². The van der Waals surface area contributed by atoms with Crippen LogP contribution in [0.1, 0.15) is 51.9 Å². The number of aliphatic hydroxyl groups is 1. The molecule has 0 aromatic carbocycles. The van der Waals surface area contributed by atoms with Gasteiger partial charge in [0.05, 0.1) is 12.7 Å². The molecule has 118 valence electrons. The van der Waals surface area contributed by atoms with Crippen LogP contribution in [0, 0.1) is 5.92 Å². The van der Waals surface area contributed by atoms with Gasteiger partial charge in [0.15, 0.2) is 0 Å². The third-order valence-corrected chi connectivity index (χ3v) is 4.95. The van der Waals surface area contributed by atoms with Gasteiger partial charge in [0.2, 0.25) is 0 Å². The molecule has 4 nitrogen and oxygen atoms in total. The predicted molar refractivity (Wildman–Crippen MR) is 79.9 cm³/mol. The Hall–Kier alpha value is -0.160. The highest BCUT2D eigenvalue weighted by Gasteiger charge is 2.41. The maximum Gasteiger partial charge on any atom is 0.0619 e. The first-order chi connectivity index (χ1) is 9.80. The minimum absolute atomic E-state index is 0.0466. The number of hydrogen-bond acceptors (Lipinski definition) is 4. The molecule has 1 aliphatic carbocycles. The summed E-state index contributed by atoms with van der Waals surface area (Å²) in [6.45, 7) is 5.94. The van der Waals surface area contributed by atoms with Crippen LogP contribution in [0.25, 0.3) is 0 Å². The second kappa shape index (κ2) is 8.32. The zero-order chi connectivity index (χ0) is 14.3. The Kier molecular flexibility index (Phi) is 6.75. The maximum absolute atomic E-state index is 9.84. The lowest BCUT2D eigenvalue weighted by atomic mass is 9.85. The van der Waals surface area contributed by atoms with Gasteiger partial charge in [-0.1, -0.05) is 13.3 Å². The Morgan fingerprint density at radius 3 is 2.80 bits per heavy atom. The van der Waals surface area contributed by atoms with Crippen molar-refractivity contribution in [3.63, 3.8) is 0 Å². The number of hydrogen-bond donors (Lipinski definition) is 2. The minimum Gasteiger partial charge on any atom is -0.394 e. The average molecular weight is 285 g/mol. The van der Waals surface area contributed by atoms with Crippen LogP contribution >= 0.6 is 0 Å². The van der Waals surface area contributed by atoms with Crippen molar-refractivity contribution in [3.05, 3.63) is 0 Å². The zero-order valence-electron chi connectivity index (χ0n) is 12.9. The van der Waals surface area contributed by atoms with Gasteiger partial charge in [-0.2, -0.15) is 0 Å². The highest BCUT2D eigenvalue weighted by atomic mass is 16.5. The van der Waals surface area contributed by atoms with E-state index in [-0.39, 0.29) is 12.1 Å². The standard InChI is InChI=1S/C16H31NO3/c1-2-9-17-16(13-18)8-3-4-14(16)5-12-20-15-6-10-19-11-7-15/h14-15,17-18H,2-13H2,1H3. The lowest BCUT2D eigenvalue weighted by Crippen LogP contribution is -2.52. The van der Waals surface area contributed by atoms with E-state index in [1.54, 1.807) is 0 Å². The Morgan fingerprint density at radius 2 is 2.10 bits per heavy atom. The van der Waals surface area contributed by atoms with Gasteiger partial charge in [0.1, 0.15) is 0 Å². The summed E-state index contributed by atoms with van der Waals surface area (Å²) < 4.78 is 11.3. The molecule has 0 amide bonds. The number of nitrogens with one attached hydrogen (secondary N) is 1. The van der Waals surface area contributed by atoms with E-state index in [1.807, 2.05) is 0 Å². The molecule has 0 bridgehead atoms. The van der Waals surface area contributed by atoms with Crippen LogP contribution < -0.4 is 5.32 Å². The van der Waals surface area contributed by atoms with Gasteiger partial charge in [-0.25, -0.2) is 0 Å². The smallest absolute Gasteiger partial charge is 0.0619 e. The Bertz CT molecular complexity index is 268. The van der Waals surface area contributed by atoms with E-state index in [2.05, 4.69) is 12.2 Å². The highest BCUT2D eigenvalue weighted by Crippen LogP contribution is 2.37. The molecule has 1 saturated carbocycles. The molecule has 2 rings (SSSR count). The molecule has 0 aromatic rings. The van der Waals surface area contributed by atoms with Crippen molar-refractivity contribution in [2.75, 3.05) is 33.0 Å². The van der Waals surface area contributed by atoms with E-state index < -0.39 is 0 Å². The molecule has 1 saturated heterocycles. The second-order valence-electron chi connectivity index (χ2n) is 6.30. The monoisotopic (exact) mass is 285 g/mol. The minimum atomic E-state index is -0.0466. The SMILES string of the molecule is CCCNC1(CO)CCCC1CCOC1CCOCC1. The van der Waals surface area contributed by atoms with E-state index in [1.165, 1.54) is 12.8 Å². The molecular weight excluding hydrogens is 254 g/mol. The van der Waals surface area contributed by atoms with Gasteiger partial charge in [-0.3, -0.25) is 0 Å². The molecule has 0 aromatic heterocycles. The number of rotatable bonds is 8. The molecule has 1 heterocycles. The van der Waals surface area contributed by atoms with Gasteiger partial charge < -0.3 is 19.9 Å². The van der Waals surface area contributed by atoms with Crippen LogP contribution in [0.4, 0.5) is 0 Å². The number of ether oxygens (including phenoxy) is 2. The first-order valence-electron chi connectivity index (χ1n) is 8.36. The van der Waals surface area contributed by atoms with Crippen LogP contribution in [0.5, 0.6) is 0 Å². The molecule has 1 aliphatic heterocycles. The van der Waals surface area contributed by atoms with E-state index in [0.29, 0.717) is 12.0 Å². The maximum atomic E-state index is 9.84. The van der Waals surface area contributed by atoms with Crippen molar-refractivity contribution < 1.29 is 14.6 Å². The van der Waals surface area contributed by atoms with E-state index in [9.17, 15) is 5.11 Å². The molecular formula is C16H31NO3. The fourth-order valence-corrected chi connectivity index (χ4v) is 3.66. The average Bonchev–Trinajstić information content (AvgIpc) is 2.90. The largest absolute Gasteiger partial charge is 0.394 e. The van der Waals surface area contributed by atoms with Gasteiger partial charge in [-0.15, -0.1) is 0 Å². The fraction of sp³-hybridized carbons (Fsp3) is 1.00. The fourth-order valence-electron chi connectivity index (χ4n) is 3.66. The van der Waals surface area contributed by atoms with E-state index in [4.69, 9.17) is 9.47 Å². The summed E-state index contributed by atoms with van der Waals surface area (Å²) in [7, 11) is 0. The second-order valence-corrected chi connectivity index (χ2v) is 6.30. The number of aliphatic hydroxyl groups excluding tert-OH is 1. The summed E-state index contributed by atoms with van der Waals surface area (Å²) in [5.74, 6) is 0.555. The lowest BCUT2D eigenvalue weighted by Gasteiger charge is -2.35. The van der Waals surface area contributed by atoms with Gasteiger partial charge in [0.25, 0.3) is 0 Å². The van der Waals surface area contributed by atoms with E-state index >= 15 is 0 Å². The summed E-state index contributed by atoms with van der Waals surface area (Å²) in [5, 5.41) is 13.4. The summed E-state index contributed by atoms with van der Waals surface area (Å²) in [6.07, 6.45) is 8.17. The summed E-state index contributed by atoms with van der Waals surface area (Å²) >= 11 is 0. The van der Waals surface area contributed by atoms with Gasteiger partial charge in [-0.05, 0) is 51.0 Å². The molecule has 2 fully saturated rings. The first kappa shape index (κ1) is 16.2. The van der Waals surface area contributed by atoms with Crippen molar-refractivity contribution in [2.45, 2.75) is 63.5 Å². The summed E-state index contributed by atoms with van der Waals surface area (Å²) in [5.41, 5.74) is -0.0466. The van der Waals surface area contributed by atoms with Gasteiger partial charge in [0, 0.05) is 25.4 Å². The quantitative estimate of drug-likeness (QED) is 0.717. The normalized spacial score (nSPS) is 31.8. The molecule has 2 unspecified atom stereocenters. The van der Waals surface area contributed by atoms with Crippen molar-refractivity contribution in [2.24, 2.45) is 5.92 Å². The Labute approximate surface area is 123 Å². The molecule has 0 spiro atoms. The third kappa shape index (κ3) is 4.17. The van der Waals surface area contributed by atoms with Crippen molar-refractivity contribution in [3.8, 4) is 0 Å². The van der Waals surface area contributed by atoms with Crippen LogP contribution in [0.15, 0.2) is 0 Å². The van der Waals surface area contributed by atoms with Crippen LogP contribution in [0.3, 0.4) is 0 Å². The Balaban J connectivity index is 1.74.